The van der Waals surface area contributed by atoms with E-state index in [1.54, 1.807) is 23.6 Å². The molecule has 0 unspecified atom stereocenters. The summed E-state index contributed by atoms with van der Waals surface area (Å²) >= 11 is 0. The second-order valence-corrected chi connectivity index (χ2v) is 7.40. The number of aliphatic carboxylic acids is 1. The van der Waals surface area contributed by atoms with Crippen molar-refractivity contribution in [3.63, 3.8) is 0 Å². The Balaban J connectivity index is 1.89. The van der Waals surface area contributed by atoms with E-state index in [-0.39, 0.29) is 23.1 Å². The first kappa shape index (κ1) is 19.7. The van der Waals surface area contributed by atoms with Crippen LogP contribution in [0.2, 0.25) is 0 Å². The van der Waals surface area contributed by atoms with Crippen molar-refractivity contribution in [1.29, 1.82) is 0 Å². The molecule has 3 N–H and O–H groups in total. The molecule has 10 heteroatoms. The van der Waals surface area contributed by atoms with E-state index in [1.165, 1.54) is 13.3 Å². The molecule has 0 bridgehead atoms. The number of aromatic nitrogens is 5. The Morgan fingerprint density at radius 1 is 1.20 bits per heavy atom. The van der Waals surface area contributed by atoms with Crippen LogP contribution in [0.4, 0.5) is 5.82 Å². The predicted octanol–water partition coefficient (Wildman–Crippen LogP) is 1.96. The summed E-state index contributed by atoms with van der Waals surface area (Å²) in [6.45, 7) is 1.70. The van der Waals surface area contributed by atoms with Crippen molar-refractivity contribution in [2.75, 3.05) is 12.8 Å². The minimum absolute atomic E-state index is 0.188. The molecule has 30 heavy (non-hydrogen) atoms. The lowest BCUT2D eigenvalue weighted by molar-refractivity contribution is -0.143. The van der Waals surface area contributed by atoms with Crippen molar-refractivity contribution >= 4 is 23.0 Å². The number of ether oxygens (including phenoxy) is 1. The fourth-order valence-electron chi connectivity index (χ4n) is 3.97. The summed E-state index contributed by atoms with van der Waals surface area (Å²) < 4.78 is 6.69. The lowest BCUT2D eigenvalue weighted by Crippen LogP contribution is -2.32. The van der Waals surface area contributed by atoms with E-state index in [9.17, 15) is 14.7 Å². The highest BCUT2D eigenvalue weighted by molar-refractivity contribution is 5.83. The number of anilines is 1. The number of nitrogens with zero attached hydrogens (tertiary/aromatic N) is 5. The van der Waals surface area contributed by atoms with Crippen LogP contribution in [0, 0.1) is 12.8 Å². The topological polar surface area (TPSA) is 146 Å². The minimum atomic E-state index is -0.798. The summed E-state index contributed by atoms with van der Waals surface area (Å²) in [5.74, 6) is -0.143. The molecule has 0 spiro atoms. The van der Waals surface area contributed by atoms with Gasteiger partial charge in [-0.15, -0.1) is 0 Å². The smallest absolute Gasteiger partial charge is 0.306 e. The number of nitrogen functional groups attached to an aromatic ring is 1. The minimum Gasteiger partial charge on any atom is -0.481 e. The molecule has 0 amide bonds. The lowest BCUT2D eigenvalue weighted by atomic mass is 9.86. The van der Waals surface area contributed by atoms with E-state index < -0.39 is 11.9 Å². The fourth-order valence-corrected chi connectivity index (χ4v) is 3.97. The maximum atomic E-state index is 13.5. The average Bonchev–Trinajstić information content (AvgIpc) is 2.73. The molecule has 0 aliphatic heterocycles. The molecule has 0 saturated heterocycles. The second kappa shape index (κ2) is 7.69. The van der Waals surface area contributed by atoms with Gasteiger partial charge in [0.15, 0.2) is 11.5 Å². The van der Waals surface area contributed by atoms with Crippen LogP contribution in [0.3, 0.4) is 0 Å². The molecule has 1 saturated carbocycles. The van der Waals surface area contributed by atoms with Gasteiger partial charge in [-0.1, -0.05) is 0 Å². The van der Waals surface area contributed by atoms with Crippen LogP contribution in [0.5, 0.6) is 5.88 Å². The zero-order valence-corrected chi connectivity index (χ0v) is 16.7. The van der Waals surface area contributed by atoms with Crippen molar-refractivity contribution in [2.45, 2.75) is 38.6 Å². The number of hydrogen-bond acceptors (Lipinski definition) is 8. The summed E-state index contributed by atoms with van der Waals surface area (Å²) in [6, 6.07) is 3.16. The molecule has 0 aromatic carbocycles. The average molecular weight is 410 g/mol. The first-order valence-electron chi connectivity index (χ1n) is 9.68. The van der Waals surface area contributed by atoms with Gasteiger partial charge < -0.3 is 15.6 Å². The van der Waals surface area contributed by atoms with Gasteiger partial charge in [0.05, 0.1) is 13.0 Å². The van der Waals surface area contributed by atoms with Gasteiger partial charge in [-0.2, -0.15) is 0 Å². The Kier molecular flexibility index (Phi) is 5.06. The molecule has 3 aromatic heterocycles. The Bertz CT molecular complexity index is 1170. The fraction of sp³-hybridized carbons (Fsp3) is 0.400. The number of methoxy groups -OCH3 is 1. The molecular weight excluding hydrogens is 388 g/mol. The van der Waals surface area contributed by atoms with Gasteiger partial charge in [-0.3, -0.25) is 14.2 Å². The number of hydrogen-bond donors (Lipinski definition) is 2. The number of fused-ring (bicyclic) bond motifs is 1. The van der Waals surface area contributed by atoms with Crippen LogP contribution in [0.1, 0.15) is 37.5 Å². The highest BCUT2D eigenvalue weighted by atomic mass is 16.5. The van der Waals surface area contributed by atoms with E-state index in [2.05, 4.69) is 19.9 Å². The summed E-state index contributed by atoms with van der Waals surface area (Å²) in [5, 5.41) is 9.30. The van der Waals surface area contributed by atoms with E-state index in [1.807, 2.05) is 0 Å². The van der Waals surface area contributed by atoms with Gasteiger partial charge >= 0.3 is 5.97 Å². The molecule has 4 rings (SSSR count). The first-order valence-corrected chi connectivity index (χ1v) is 9.68. The van der Waals surface area contributed by atoms with Gasteiger partial charge in [-0.05, 0) is 38.7 Å². The van der Waals surface area contributed by atoms with E-state index in [0.29, 0.717) is 54.1 Å². The first-order chi connectivity index (χ1) is 14.4. The molecule has 1 aliphatic rings. The summed E-state index contributed by atoms with van der Waals surface area (Å²) in [7, 11) is 1.51. The number of pyridine rings is 1. The molecule has 1 fully saturated rings. The summed E-state index contributed by atoms with van der Waals surface area (Å²) in [5.41, 5.74) is 7.23. The van der Waals surface area contributed by atoms with Crippen molar-refractivity contribution in [3.05, 3.63) is 34.5 Å². The number of carboxylic acid groups (broad SMARTS) is 1. The number of carbonyl (C=O) groups is 1. The molecule has 0 atom stereocenters. The molecule has 0 radical (unpaired) electrons. The Labute approximate surface area is 171 Å². The van der Waals surface area contributed by atoms with Crippen LogP contribution in [-0.4, -0.2) is 42.7 Å². The van der Waals surface area contributed by atoms with Crippen LogP contribution >= 0.6 is 0 Å². The molecular formula is C20H22N6O4. The Morgan fingerprint density at radius 3 is 2.53 bits per heavy atom. The SMILES string of the molecule is COc1ccc(-c2nc3c(N)nc(C)nc3n(C3CCC(C(=O)O)CC3)c2=O)cn1. The third-order valence-electron chi connectivity index (χ3n) is 5.51. The maximum Gasteiger partial charge on any atom is 0.306 e. The third-order valence-corrected chi connectivity index (χ3v) is 5.51. The zero-order valence-electron chi connectivity index (χ0n) is 16.7. The monoisotopic (exact) mass is 410 g/mol. The van der Waals surface area contributed by atoms with Gasteiger partial charge in [0.2, 0.25) is 5.88 Å². The number of rotatable bonds is 4. The Morgan fingerprint density at radius 2 is 1.93 bits per heavy atom. The van der Waals surface area contributed by atoms with Crippen LogP contribution in [0.15, 0.2) is 23.1 Å². The van der Waals surface area contributed by atoms with Gasteiger partial charge in [0.1, 0.15) is 17.0 Å². The van der Waals surface area contributed by atoms with Crippen LogP contribution in [-0.2, 0) is 4.79 Å². The summed E-state index contributed by atoms with van der Waals surface area (Å²) in [6.07, 6.45) is 3.62. The van der Waals surface area contributed by atoms with Crippen LogP contribution < -0.4 is 16.0 Å². The van der Waals surface area contributed by atoms with Gasteiger partial charge in [-0.25, -0.2) is 19.9 Å². The zero-order chi connectivity index (χ0) is 21.4. The largest absolute Gasteiger partial charge is 0.481 e. The maximum absolute atomic E-state index is 13.5. The normalized spacial score (nSPS) is 19.0. The standard InChI is InChI=1S/C20H22N6O4/c1-10-23-17(21)16-18(24-10)26(13-6-3-11(4-7-13)20(28)29)19(27)15(25-16)12-5-8-14(30-2)22-9-12/h5,8-9,11,13H,3-4,6-7H2,1-2H3,(H,28,29)(H2,21,23,24). The van der Waals surface area contributed by atoms with Gasteiger partial charge in [0.25, 0.3) is 5.56 Å². The Hall–Kier alpha value is -3.56. The molecule has 3 heterocycles. The lowest BCUT2D eigenvalue weighted by Gasteiger charge is -2.28. The van der Waals surface area contributed by atoms with Gasteiger partial charge in [0, 0.05) is 23.9 Å². The van der Waals surface area contributed by atoms with Crippen molar-refractivity contribution < 1.29 is 14.6 Å². The molecule has 10 nitrogen and oxygen atoms in total. The third kappa shape index (κ3) is 3.44. The van der Waals surface area contributed by atoms with Crippen molar-refractivity contribution in [3.8, 4) is 17.1 Å². The van der Waals surface area contributed by atoms with E-state index in [0.717, 1.165) is 0 Å². The highest BCUT2D eigenvalue weighted by Crippen LogP contribution is 2.34. The highest BCUT2D eigenvalue weighted by Gasteiger charge is 2.30. The quantitative estimate of drug-likeness (QED) is 0.659. The predicted molar refractivity (Wildman–Crippen MR) is 109 cm³/mol. The van der Waals surface area contributed by atoms with Crippen LogP contribution in [0.25, 0.3) is 22.4 Å². The second-order valence-electron chi connectivity index (χ2n) is 7.40. The van der Waals surface area contributed by atoms with Crippen molar-refractivity contribution in [2.24, 2.45) is 5.92 Å². The van der Waals surface area contributed by atoms with Crippen molar-refractivity contribution in [1.82, 2.24) is 24.5 Å². The number of carboxylic acids is 1. The molecule has 3 aromatic rings. The molecule has 1 aliphatic carbocycles. The molecule has 156 valence electrons. The summed E-state index contributed by atoms with van der Waals surface area (Å²) in [4.78, 5) is 42.1. The van der Waals surface area contributed by atoms with E-state index >= 15 is 0 Å². The number of nitrogens with two attached hydrogens (primary N) is 1. The van der Waals surface area contributed by atoms with E-state index in [4.69, 9.17) is 10.5 Å². The number of aryl methyl sites for hydroxylation is 1.